The maximum Gasteiger partial charge on any atom is 0.233 e. The number of imidazole rings is 1. The lowest BCUT2D eigenvalue weighted by Crippen LogP contribution is -2.30. The van der Waals surface area contributed by atoms with E-state index in [0.29, 0.717) is 6.54 Å². The molecule has 2 N–H and O–H groups in total. The minimum absolute atomic E-state index is 0.0416. The zero-order valence-electron chi connectivity index (χ0n) is 14.3. The number of hydrogen-bond acceptors (Lipinski definition) is 4. The van der Waals surface area contributed by atoms with Crippen LogP contribution < -0.4 is 5.32 Å². The summed E-state index contributed by atoms with van der Waals surface area (Å²) in [5, 5.41) is 3.39. The second kappa shape index (κ2) is 8.07. The summed E-state index contributed by atoms with van der Waals surface area (Å²) in [5.74, 6) is 0.699. The minimum atomic E-state index is -0.245. The summed E-state index contributed by atoms with van der Waals surface area (Å²) in [7, 11) is 0. The van der Waals surface area contributed by atoms with Gasteiger partial charge in [-0.1, -0.05) is 42.1 Å². The molecule has 1 atom stereocenters. The Morgan fingerprint density at radius 3 is 2.80 bits per heavy atom. The fraction of sp³-hybridized carbons (Fsp3) is 0.263. The second-order valence-corrected chi connectivity index (χ2v) is 7.16. The van der Waals surface area contributed by atoms with Crippen molar-refractivity contribution < 1.29 is 9.21 Å². The number of nitrogens with zero attached hydrogens (tertiary/aromatic N) is 1. The predicted molar refractivity (Wildman–Crippen MR) is 98.4 cm³/mol. The van der Waals surface area contributed by atoms with E-state index >= 15 is 0 Å². The summed E-state index contributed by atoms with van der Waals surface area (Å²) < 4.78 is 5.22. The summed E-state index contributed by atoms with van der Waals surface area (Å²) in [6, 6.07) is 13.9. The van der Waals surface area contributed by atoms with E-state index in [-0.39, 0.29) is 11.2 Å². The van der Waals surface area contributed by atoms with E-state index in [0.717, 1.165) is 28.7 Å². The number of aromatic amines is 1. The summed E-state index contributed by atoms with van der Waals surface area (Å²) in [6.07, 6.45) is 2.38. The van der Waals surface area contributed by atoms with Crippen LogP contribution in [0.3, 0.4) is 0 Å². The van der Waals surface area contributed by atoms with Gasteiger partial charge in [-0.2, -0.15) is 0 Å². The van der Waals surface area contributed by atoms with Crippen LogP contribution >= 0.6 is 11.8 Å². The molecule has 3 rings (SSSR count). The van der Waals surface area contributed by atoms with Gasteiger partial charge in [-0.05, 0) is 31.5 Å². The number of carbonyl (C=O) groups is 1. The molecule has 1 aromatic carbocycles. The van der Waals surface area contributed by atoms with Crippen molar-refractivity contribution in [3.05, 3.63) is 71.4 Å². The first-order valence-corrected chi connectivity index (χ1v) is 9.06. The zero-order chi connectivity index (χ0) is 17.6. The topological polar surface area (TPSA) is 70.9 Å². The average molecular weight is 355 g/mol. The molecule has 3 aromatic rings. The lowest BCUT2D eigenvalue weighted by atomic mass is 10.1. The van der Waals surface area contributed by atoms with E-state index in [4.69, 9.17) is 4.42 Å². The van der Waals surface area contributed by atoms with E-state index in [1.165, 1.54) is 17.3 Å². The molecule has 0 radical (unpaired) electrons. The van der Waals surface area contributed by atoms with Gasteiger partial charge in [-0.3, -0.25) is 4.79 Å². The Hall–Kier alpha value is -2.47. The third-order valence-corrected chi connectivity index (χ3v) is 4.84. The van der Waals surface area contributed by atoms with E-state index in [9.17, 15) is 4.79 Å². The van der Waals surface area contributed by atoms with Gasteiger partial charge in [0.15, 0.2) is 5.16 Å². The van der Waals surface area contributed by atoms with Gasteiger partial charge in [0.1, 0.15) is 5.76 Å². The zero-order valence-corrected chi connectivity index (χ0v) is 15.1. The van der Waals surface area contributed by atoms with Crippen molar-refractivity contribution in [3.63, 3.8) is 0 Å². The van der Waals surface area contributed by atoms with Crippen molar-refractivity contribution >= 4 is 17.7 Å². The molecule has 2 heterocycles. The molecular weight excluding hydrogens is 334 g/mol. The molecular formula is C19H21N3O2S. The average Bonchev–Trinajstić information content (AvgIpc) is 3.24. The van der Waals surface area contributed by atoms with Gasteiger partial charge in [-0.15, -0.1) is 0 Å². The number of amides is 1. The lowest BCUT2D eigenvalue weighted by Gasteiger charge is -2.09. The molecule has 6 heteroatoms. The van der Waals surface area contributed by atoms with Gasteiger partial charge in [0.2, 0.25) is 5.91 Å². The fourth-order valence-corrected chi connectivity index (χ4v) is 3.34. The SMILES string of the molecule is Cc1[nH]c(SC(C)C(=O)NCc2ccco2)nc1Cc1ccccc1. The molecule has 0 aliphatic carbocycles. The number of furan rings is 1. The number of rotatable bonds is 7. The van der Waals surface area contributed by atoms with Crippen LogP contribution in [0.15, 0.2) is 58.3 Å². The number of nitrogens with one attached hydrogen (secondary N) is 2. The van der Waals surface area contributed by atoms with Crippen LogP contribution in [0.1, 0.15) is 29.6 Å². The smallest absolute Gasteiger partial charge is 0.233 e. The van der Waals surface area contributed by atoms with Crippen LogP contribution in [0.2, 0.25) is 0 Å². The van der Waals surface area contributed by atoms with E-state index in [1.54, 1.807) is 12.3 Å². The van der Waals surface area contributed by atoms with Crippen LogP contribution in [-0.2, 0) is 17.8 Å². The molecule has 1 amide bonds. The highest BCUT2D eigenvalue weighted by molar-refractivity contribution is 8.00. The minimum Gasteiger partial charge on any atom is -0.467 e. The molecule has 0 bridgehead atoms. The Bertz CT molecular complexity index is 813. The third-order valence-electron chi connectivity index (χ3n) is 3.85. The largest absolute Gasteiger partial charge is 0.467 e. The first kappa shape index (κ1) is 17.4. The van der Waals surface area contributed by atoms with Crippen molar-refractivity contribution in [2.45, 2.75) is 37.2 Å². The molecule has 0 saturated heterocycles. The highest BCUT2D eigenvalue weighted by Gasteiger charge is 2.17. The molecule has 130 valence electrons. The Morgan fingerprint density at radius 1 is 1.28 bits per heavy atom. The van der Waals surface area contributed by atoms with Crippen LogP contribution in [0.5, 0.6) is 0 Å². The van der Waals surface area contributed by atoms with Crippen LogP contribution in [0.25, 0.3) is 0 Å². The van der Waals surface area contributed by atoms with Gasteiger partial charge >= 0.3 is 0 Å². The number of thioether (sulfide) groups is 1. The first-order chi connectivity index (χ1) is 12.1. The molecule has 0 spiro atoms. The van der Waals surface area contributed by atoms with Crippen molar-refractivity contribution in [1.29, 1.82) is 0 Å². The maximum absolute atomic E-state index is 12.2. The predicted octanol–water partition coefficient (Wildman–Crippen LogP) is 3.70. The maximum atomic E-state index is 12.2. The van der Waals surface area contributed by atoms with Gasteiger partial charge in [-0.25, -0.2) is 4.98 Å². The highest BCUT2D eigenvalue weighted by atomic mass is 32.2. The first-order valence-electron chi connectivity index (χ1n) is 8.18. The van der Waals surface area contributed by atoms with Crippen molar-refractivity contribution in [3.8, 4) is 0 Å². The number of benzene rings is 1. The van der Waals surface area contributed by atoms with Crippen LogP contribution in [-0.4, -0.2) is 21.1 Å². The molecule has 25 heavy (non-hydrogen) atoms. The molecule has 0 fully saturated rings. The van der Waals surface area contributed by atoms with Crippen molar-refractivity contribution in [2.24, 2.45) is 0 Å². The number of aromatic nitrogens is 2. The summed E-state index contributed by atoms with van der Waals surface area (Å²) >= 11 is 1.43. The molecule has 2 aromatic heterocycles. The Balaban J connectivity index is 1.57. The molecule has 5 nitrogen and oxygen atoms in total. The van der Waals surface area contributed by atoms with Gasteiger partial charge in [0, 0.05) is 12.1 Å². The number of H-pyrrole nitrogens is 1. The number of carbonyl (C=O) groups excluding carboxylic acids is 1. The summed E-state index contributed by atoms with van der Waals surface area (Å²) in [6.45, 7) is 4.28. The van der Waals surface area contributed by atoms with E-state index in [1.807, 2.05) is 38.1 Å². The standard InChI is InChI=1S/C19H21N3O2S/c1-13-17(11-15-7-4-3-5-8-15)22-19(21-13)25-14(2)18(23)20-12-16-9-6-10-24-16/h3-10,14H,11-12H2,1-2H3,(H,20,23)(H,21,22). The second-order valence-electron chi connectivity index (χ2n) is 5.83. The summed E-state index contributed by atoms with van der Waals surface area (Å²) in [5.41, 5.74) is 3.27. The third kappa shape index (κ3) is 4.76. The quantitative estimate of drug-likeness (QED) is 0.634. The van der Waals surface area contributed by atoms with Crippen molar-refractivity contribution in [2.75, 3.05) is 0 Å². The van der Waals surface area contributed by atoms with Crippen molar-refractivity contribution in [1.82, 2.24) is 15.3 Å². The van der Waals surface area contributed by atoms with E-state index < -0.39 is 0 Å². The molecule has 1 unspecified atom stereocenters. The molecule has 0 aliphatic heterocycles. The van der Waals surface area contributed by atoms with Crippen LogP contribution in [0, 0.1) is 6.92 Å². The Kier molecular flexibility index (Phi) is 5.60. The molecule has 0 saturated carbocycles. The van der Waals surface area contributed by atoms with Gasteiger partial charge < -0.3 is 14.7 Å². The fourth-order valence-electron chi connectivity index (χ4n) is 2.44. The van der Waals surface area contributed by atoms with Gasteiger partial charge in [0.25, 0.3) is 0 Å². The van der Waals surface area contributed by atoms with Crippen LogP contribution in [0.4, 0.5) is 0 Å². The Morgan fingerprint density at radius 2 is 2.08 bits per heavy atom. The van der Waals surface area contributed by atoms with E-state index in [2.05, 4.69) is 27.4 Å². The lowest BCUT2D eigenvalue weighted by molar-refractivity contribution is -0.120. The monoisotopic (exact) mass is 355 g/mol. The Labute approximate surface area is 151 Å². The summed E-state index contributed by atoms with van der Waals surface area (Å²) in [4.78, 5) is 20.1. The van der Waals surface area contributed by atoms with Gasteiger partial charge in [0.05, 0.1) is 23.8 Å². The normalized spacial score (nSPS) is 12.1. The number of hydrogen-bond donors (Lipinski definition) is 2. The number of aryl methyl sites for hydroxylation is 1. The molecule has 0 aliphatic rings. The highest BCUT2D eigenvalue weighted by Crippen LogP contribution is 2.23.